The Balaban J connectivity index is 1.69. The molecule has 23 heavy (non-hydrogen) atoms. The second-order valence-electron chi connectivity index (χ2n) is 5.44. The van der Waals surface area contributed by atoms with Crippen LogP contribution in [0.1, 0.15) is 19.8 Å². The van der Waals surface area contributed by atoms with Crippen molar-refractivity contribution in [2.75, 3.05) is 39.4 Å². The van der Waals surface area contributed by atoms with E-state index in [0.717, 1.165) is 12.8 Å². The highest BCUT2D eigenvalue weighted by molar-refractivity contribution is 5.78. The van der Waals surface area contributed by atoms with Gasteiger partial charge in [0, 0.05) is 26.2 Å². The van der Waals surface area contributed by atoms with E-state index < -0.39 is 0 Å². The maximum atomic E-state index is 12.1. The van der Waals surface area contributed by atoms with E-state index in [1.54, 1.807) is 9.80 Å². The lowest BCUT2D eigenvalue weighted by Gasteiger charge is -2.34. The van der Waals surface area contributed by atoms with Crippen molar-refractivity contribution in [1.82, 2.24) is 9.80 Å². The fourth-order valence-electron chi connectivity index (χ4n) is 2.29. The molecule has 0 N–H and O–H groups in total. The Morgan fingerprint density at radius 2 is 1.70 bits per heavy atom. The Kier molecular flexibility index (Phi) is 6.72. The zero-order valence-electron chi connectivity index (χ0n) is 13.6. The lowest BCUT2D eigenvalue weighted by molar-refractivity contribution is -0.134. The van der Waals surface area contributed by atoms with Crippen molar-refractivity contribution in [3.8, 4) is 5.75 Å². The highest BCUT2D eigenvalue weighted by Gasteiger charge is 2.25. The van der Waals surface area contributed by atoms with Crippen LogP contribution in [0, 0.1) is 0 Å². The molecule has 126 valence electrons. The quantitative estimate of drug-likeness (QED) is 0.754. The molecule has 6 heteroatoms. The van der Waals surface area contributed by atoms with Gasteiger partial charge in [-0.3, -0.25) is 4.79 Å². The van der Waals surface area contributed by atoms with Crippen molar-refractivity contribution in [3.63, 3.8) is 0 Å². The zero-order chi connectivity index (χ0) is 16.5. The van der Waals surface area contributed by atoms with Crippen molar-refractivity contribution < 1.29 is 19.1 Å². The van der Waals surface area contributed by atoms with Gasteiger partial charge in [0.2, 0.25) is 0 Å². The van der Waals surface area contributed by atoms with E-state index in [9.17, 15) is 9.59 Å². The Bertz CT molecular complexity index is 499. The van der Waals surface area contributed by atoms with Crippen molar-refractivity contribution in [2.45, 2.75) is 19.8 Å². The second-order valence-corrected chi connectivity index (χ2v) is 5.44. The third-order valence-corrected chi connectivity index (χ3v) is 3.72. The molecule has 0 aromatic heterocycles. The number of piperazine rings is 1. The van der Waals surface area contributed by atoms with Crippen molar-refractivity contribution in [3.05, 3.63) is 30.3 Å². The maximum absolute atomic E-state index is 12.1. The molecule has 0 aliphatic carbocycles. The Labute approximate surface area is 137 Å². The average molecular weight is 320 g/mol. The SMILES string of the molecule is CCCCOC(=O)N1CCN(C(=O)COc2ccccc2)CC1. The van der Waals surface area contributed by atoms with Gasteiger partial charge in [-0.05, 0) is 18.6 Å². The first kappa shape index (κ1) is 17.1. The molecule has 1 aromatic carbocycles. The van der Waals surface area contributed by atoms with Crippen LogP contribution in [-0.2, 0) is 9.53 Å². The summed E-state index contributed by atoms with van der Waals surface area (Å²) in [6.45, 7) is 4.56. The normalized spacial score (nSPS) is 14.5. The molecule has 0 atom stereocenters. The molecule has 1 aromatic rings. The van der Waals surface area contributed by atoms with Gasteiger partial charge in [0.15, 0.2) is 6.61 Å². The third kappa shape index (κ3) is 5.47. The maximum Gasteiger partial charge on any atom is 0.409 e. The number of rotatable bonds is 6. The molecule has 1 aliphatic rings. The monoisotopic (exact) mass is 320 g/mol. The molecular formula is C17H24N2O4. The van der Waals surface area contributed by atoms with E-state index in [4.69, 9.17) is 9.47 Å². The van der Waals surface area contributed by atoms with E-state index in [1.165, 1.54) is 0 Å². The van der Waals surface area contributed by atoms with Gasteiger partial charge >= 0.3 is 6.09 Å². The predicted octanol–water partition coefficient (Wildman–Crippen LogP) is 2.15. The van der Waals surface area contributed by atoms with Crippen LogP contribution in [-0.4, -0.2) is 61.2 Å². The van der Waals surface area contributed by atoms with Crippen LogP contribution in [0.15, 0.2) is 30.3 Å². The van der Waals surface area contributed by atoms with E-state index >= 15 is 0 Å². The van der Waals surface area contributed by atoms with Crippen LogP contribution in [0.3, 0.4) is 0 Å². The second kappa shape index (κ2) is 9.02. The summed E-state index contributed by atoms with van der Waals surface area (Å²) in [6, 6.07) is 9.26. The first-order chi connectivity index (χ1) is 11.2. The Morgan fingerprint density at radius 1 is 1.04 bits per heavy atom. The number of ether oxygens (including phenoxy) is 2. The fourth-order valence-corrected chi connectivity index (χ4v) is 2.29. The van der Waals surface area contributed by atoms with Gasteiger partial charge in [-0.2, -0.15) is 0 Å². The molecule has 1 aliphatic heterocycles. The Hall–Kier alpha value is -2.24. The van der Waals surface area contributed by atoms with Crippen LogP contribution in [0.4, 0.5) is 4.79 Å². The number of amides is 2. The van der Waals surface area contributed by atoms with Gasteiger partial charge in [-0.25, -0.2) is 4.79 Å². The minimum Gasteiger partial charge on any atom is -0.484 e. The summed E-state index contributed by atoms with van der Waals surface area (Å²) in [5.41, 5.74) is 0. The molecule has 0 spiro atoms. The van der Waals surface area contributed by atoms with E-state index in [-0.39, 0.29) is 18.6 Å². The van der Waals surface area contributed by atoms with Gasteiger partial charge in [0.05, 0.1) is 6.61 Å². The molecule has 0 saturated carbocycles. The first-order valence-corrected chi connectivity index (χ1v) is 8.08. The number of carbonyl (C=O) groups is 2. The minimum absolute atomic E-state index is 0.0188. The fraction of sp³-hybridized carbons (Fsp3) is 0.529. The number of carbonyl (C=O) groups excluding carboxylic acids is 2. The summed E-state index contributed by atoms with van der Waals surface area (Å²) in [5, 5.41) is 0. The molecule has 1 heterocycles. The zero-order valence-corrected chi connectivity index (χ0v) is 13.6. The lowest BCUT2D eigenvalue weighted by Crippen LogP contribution is -2.51. The summed E-state index contributed by atoms with van der Waals surface area (Å²) >= 11 is 0. The number of hydrogen-bond donors (Lipinski definition) is 0. The average Bonchev–Trinajstić information content (AvgIpc) is 2.61. The molecule has 6 nitrogen and oxygen atoms in total. The Morgan fingerprint density at radius 3 is 2.35 bits per heavy atom. The molecule has 1 saturated heterocycles. The van der Waals surface area contributed by atoms with Gasteiger partial charge in [-0.1, -0.05) is 31.5 Å². The summed E-state index contributed by atoms with van der Waals surface area (Å²) < 4.78 is 10.6. The molecule has 0 radical (unpaired) electrons. The number of unbranched alkanes of at least 4 members (excludes halogenated alkanes) is 1. The summed E-state index contributed by atoms with van der Waals surface area (Å²) in [5.74, 6) is 0.617. The van der Waals surface area contributed by atoms with Crippen LogP contribution in [0.25, 0.3) is 0 Å². The van der Waals surface area contributed by atoms with Gasteiger partial charge < -0.3 is 19.3 Å². The van der Waals surface area contributed by atoms with Crippen molar-refractivity contribution in [2.24, 2.45) is 0 Å². The summed E-state index contributed by atoms with van der Waals surface area (Å²) in [7, 11) is 0. The highest BCUT2D eigenvalue weighted by atomic mass is 16.6. The predicted molar refractivity (Wildman–Crippen MR) is 86.3 cm³/mol. The lowest BCUT2D eigenvalue weighted by atomic mass is 10.3. The van der Waals surface area contributed by atoms with Crippen molar-refractivity contribution >= 4 is 12.0 Å². The van der Waals surface area contributed by atoms with Crippen LogP contribution in [0.5, 0.6) is 5.75 Å². The smallest absolute Gasteiger partial charge is 0.409 e. The summed E-state index contributed by atoms with van der Waals surface area (Å²) in [6.07, 6.45) is 1.59. The van der Waals surface area contributed by atoms with E-state index in [1.807, 2.05) is 30.3 Å². The molecule has 2 amide bonds. The first-order valence-electron chi connectivity index (χ1n) is 8.08. The van der Waals surface area contributed by atoms with E-state index in [0.29, 0.717) is 38.5 Å². The number of hydrogen-bond acceptors (Lipinski definition) is 4. The third-order valence-electron chi connectivity index (χ3n) is 3.72. The van der Waals surface area contributed by atoms with Crippen LogP contribution < -0.4 is 4.74 Å². The van der Waals surface area contributed by atoms with E-state index in [2.05, 4.69) is 6.92 Å². The largest absolute Gasteiger partial charge is 0.484 e. The number of para-hydroxylation sites is 1. The van der Waals surface area contributed by atoms with Gasteiger partial charge in [0.25, 0.3) is 5.91 Å². The molecule has 0 unspecified atom stereocenters. The molecule has 0 bridgehead atoms. The molecule has 2 rings (SSSR count). The molecular weight excluding hydrogens is 296 g/mol. The van der Waals surface area contributed by atoms with Gasteiger partial charge in [-0.15, -0.1) is 0 Å². The topological polar surface area (TPSA) is 59.1 Å². The van der Waals surface area contributed by atoms with Gasteiger partial charge in [0.1, 0.15) is 5.75 Å². The summed E-state index contributed by atoms with van der Waals surface area (Å²) in [4.78, 5) is 27.3. The standard InChI is InChI=1S/C17H24N2O4/c1-2-3-13-22-17(21)19-11-9-18(10-12-19)16(20)14-23-15-7-5-4-6-8-15/h4-8H,2-3,9-14H2,1H3. The van der Waals surface area contributed by atoms with Crippen LogP contribution in [0.2, 0.25) is 0 Å². The van der Waals surface area contributed by atoms with Crippen LogP contribution >= 0.6 is 0 Å². The number of nitrogens with zero attached hydrogens (tertiary/aromatic N) is 2. The van der Waals surface area contributed by atoms with Crippen molar-refractivity contribution in [1.29, 1.82) is 0 Å². The number of benzene rings is 1. The highest BCUT2D eigenvalue weighted by Crippen LogP contribution is 2.09. The molecule has 1 fully saturated rings. The minimum atomic E-state index is -0.286.